The summed E-state index contributed by atoms with van der Waals surface area (Å²) < 4.78 is 16.8. The summed E-state index contributed by atoms with van der Waals surface area (Å²) in [7, 11) is 3.25. The number of carbonyl (C=O) groups is 1. The topological polar surface area (TPSA) is 96.7 Å². The number of ether oxygens (including phenoxy) is 2. The van der Waals surface area contributed by atoms with E-state index in [1.165, 1.54) is 0 Å². The first-order valence-electron chi connectivity index (χ1n) is 13.0. The molecule has 1 aliphatic rings. The molecule has 2 heterocycles. The standard InChI is InChI=1S/C32H30N2O5/c1-37-30-14-20-10-9-19-13-26(29-8-5-11-39-29)27(15-24(19)25(20)16-31(30)38-2)32(36)34-22(18-35)12-21-17-33-28-7-4-3-6-23(21)28/h3-8,11,13-17,22,33,35H,9-10,12,18H2,1-2H3,(H,34,36)/t22-/m1/s1. The molecule has 3 aromatic carbocycles. The number of rotatable bonds is 8. The SMILES string of the molecule is COc1cc2c(cc1OC)-c1cc(C(=O)N[C@@H](CO)Cc3c[nH]c4ccccc34)c(-c3ccco3)cc1CC2. The Balaban J connectivity index is 1.38. The molecule has 1 atom stereocenters. The molecule has 5 aromatic rings. The second-order valence-corrected chi connectivity index (χ2v) is 9.81. The van der Waals surface area contributed by atoms with Crippen molar-refractivity contribution in [3.63, 3.8) is 0 Å². The van der Waals surface area contributed by atoms with E-state index in [4.69, 9.17) is 13.9 Å². The quantitative estimate of drug-likeness (QED) is 0.249. The second-order valence-electron chi connectivity index (χ2n) is 9.81. The summed E-state index contributed by atoms with van der Waals surface area (Å²) >= 11 is 0. The van der Waals surface area contributed by atoms with Crippen molar-refractivity contribution in [3.8, 4) is 33.9 Å². The fourth-order valence-electron chi connectivity index (χ4n) is 5.56. The third-order valence-electron chi connectivity index (χ3n) is 7.53. The Bertz CT molecular complexity index is 1650. The van der Waals surface area contributed by atoms with Gasteiger partial charge in [-0.25, -0.2) is 0 Å². The zero-order valence-corrected chi connectivity index (χ0v) is 21.9. The average molecular weight is 523 g/mol. The Hall–Kier alpha value is -4.49. The Labute approximate surface area is 226 Å². The predicted molar refractivity (Wildman–Crippen MR) is 150 cm³/mol. The van der Waals surface area contributed by atoms with E-state index in [0.29, 0.717) is 29.2 Å². The lowest BCUT2D eigenvalue weighted by molar-refractivity contribution is 0.0917. The van der Waals surface area contributed by atoms with E-state index >= 15 is 0 Å². The van der Waals surface area contributed by atoms with Crippen molar-refractivity contribution in [2.24, 2.45) is 0 Å². The number of hydrogen-bond donors (Lipinski definition) is 3. The van der Waals surface area contributed by atoms with Gasteiger partial charge in [0.1, 0.15) is 5.76 Å². The number of aromatic nitrogens is 1. The fourth-order valence-corrected chi connectivity index (χ4v) is 5.56. The second kappa shape index (κ2) is 10.3. The van der Waals surface area contributed by atoms with E-state index in [-0.39, 0.29) is 12.5 Å². The van der Waals surface area contributed by atoms with Crippen molar-refractivity contribution in [2.75, 3.05) is 20.8 Å². The molecule has 0 aliphatic heterocycles. The zero-order valence-electron chi connectivity index (χ0n) is 21.9. The van der Waals surface area contributed by atoms with Crippen LogP contribution >= 0.6 is 0 Å². The molecule has 6 rings (SSSR count). The number of H-pyrrole nitrogens is 1. The first-order valence-corrected chi connectivity index (χ1v) is 13.0. The van der Waals surface area contributed by atoms with Gasteiger partial charge in [0.15, 0.2) is 11.5 Å². The van der Waals surface area contributed by atoms with E-state index < -0.39 is 6.04 Å². The van der Waals surface area contributed by atoms with E-state index in [2.05, 4.69) is 16.4 Å². The molecule has 0 radical (unpaired) electrons. The monoisotopic (exact) mass is 522 g/mol. The summed E-state index contributed by atoms with van der Waals surface area (Å²) in [6, 6.07) is 19.2. The Morgan fingerprint density at radius 2 is 1.72 bits per heavy atom. The maximum absolute atomic E-state index is 13.8. The Morgan fingerprint density at radius 3 is 2.46 bits per heavy atom. The minimum atomic E-state index is -0.464. The van der Waals surface area contributed by atoms with E-state index in [0.717, 1.165) is 57.1 Å². The number of carbonyl (C=O) groups excluding carboxylic acids is 1. The third-order valence-corrected chi connectivity index (χ3v) is 7.53. The van der Waals surface area contributed by atoms with Crippen LogP contribution in [0.2, 0.25) is 0 Å². The van der Waals surface area contributed by atoms with Gasteiger partial charge in [-0.1, -0.05) is 18.2 Å². The van der Waals surface area contributed by atoms with Gasteiger partial charge in [0.05, 0.1) is 38.7 Å². The summed E-state index contributed by atoms with van der Waals surface area (Å²) in [5, 5.41) is 14.4. The van der Waals surface area contributed by atoms with Crippen LogP contribution in [0.4, 0.5) is 0 Å². The maximum Gasteiger partial charge on any atom is 0.252 e. The van der Waals surface area contributed by atoms with Crippen LogP contribution in [-0.2, 0) is 19.3 Å². The first kappa shape index (κ1) is 24.8. The van der Waals surface area contributed by atoms with E-state index in [9.17, 15) is 9.90 Å². The predicted octanol–water partition coefficient (Wildman–Crippen LogP) is 5.54. The minimum Gasteiger partial charge on any atom is -0.493 e. The van der Waals surface area contributed by atoms with Crippen LogP contribution in [0.1, 0.15) is 27.0 Å². The number of amides is 1. The van der Waals surface area contributed by atoms with Crippen molar-refractivity contribution in [1.29, 1.82) is 0 Å². The van der Waals surface area contributed by atoms with Crippen LogP contribution in [0, 0.1) is 0 Å². The van der Waals surface area contributed by atoms with Gasteiger partial charge in [-0.15, -0.1) is 0 Å². The molecule has 0 saturated heterocycles. The molecule has 2 aromatic heterocycles. The number of benzene rings is 3. The minimum absolute atomic E-state index is 0.188. The highest BCUT2D eigenvalue weighted by atomic mass is 16.5. The lowest BCUT2D eigenvalue weighted by Crippen LogP contribution is -2.39. The summed E-state index contributed by atoms with van der Waals surface area (Å²) in [6.07, 6.45) is 5.71. The molecule has 0 unspecified atom stereocenters. The van der Waals surface area contributed by atoms with Crippen LogP contribution < -0.4 is 14.8 Å². The summed E-state index contributed by atoms with van der Waals surface area (Å²) in [6.45, 7) is -0.188. The lowest BCUT2D eigenvalue weighted by atomic mass is 9.82. The number of methoxy groups -OCH3 is 2. The molecule has 198 valence electrons. The fraction of sp³-hybridized carbons (Fsp3) is 0.219. The average Bonchev–Trinajstić information content (AvgIpc) is 3.66. The molecule has 0 spiro atoms. The van der Waals surface area contributed by atoms with Crippen molar-refractivity contribution in [3.05, 3.63) is 95.4 Å². The smallest absolute Gasteiger partial charge is 0.252 e. The van der Waals surface area contributed by atoms with Gasteiger partial charge in [0.2, 0.25) is 0 Å². The molecule has 1 amide bonds. The van der Waals surface area contributed by atoms with Crippen molar-refractivity contribution >= 4 is 16.8 Å². The largest absolute Gasteiger partial charge is 0.493 e. The Kier molecular flexibility index (Phi) is 6.59. The number of fused-ring (bicyclic) bond motifs is 4. The van der Waals surface area contributed by atoms with Crippen LogP contribution in [-0.4, -0.2) is 42.9 Å². The lowest BCUT2D eigenvalue weighted by Gasteiger charge is -2.24. The number of nitrogens with one attached hydrogen (secondary N) is 2. The van der Waals surface area contributed by atoms with Gasteiger partial charge in [0, 0.05) is 22.7 Å². The van der Waals surface area contributed by atoms with Gasteiger partial charge >= 0.3 is 0 Å². The number of aliphatic hydroxyl groups is 1. The van der Waals surface area contributed by atoms with Gasteiger partial charge in [0.25, 0.3) is 5.91 Å². The summed E-state index contributed by atoms with van der Waals surface area (Å²) in [5.74, 6) is 1.69. The van der Waals surface area contributed by atoms with Crippen molar-refractivity contribution < 1.29 is 23.8 Å². The van der Waals surface area contributed by atoms with Crippen molar-refractivity contribution in [2.45, 2.75) is 25.3 Å². The molecular formula is C32H30N2O5. The van der Waals surface area contributed by atoms with Crippen LogP contribution in [0.3, 0.4) is 0 Å². The van der Waals surface area contributed by atoms with E-state index in [1.807, 2.05) is 60.8 Å². The molecule has 1 aliphatic carbocycles. The molecule has 0 saturated carbocycles. The molecule has 7 heteroatoms. The van der Waals surface area contributed by atoms with Gasteiger partial charge in [-0.05, 0) is 89.5 Å². The molecule has 3 N–H and O–H groups in total. The van der Waals surface area contributed by atoms with Gasteiger partial charge in [-0.2, -0.15) is 0 Å². The van der Waals surface area contributed by atoms with Gasteiger partial charge in [-0.3, -0.25) is 4.79 Å². The molecular weight excluding hydrogens is 492 g/mol. The van der Waals surface area contributed by atoms with Gasteiger partial charge < -0.3 is 29.3 Å². The number of aliphatic hydroxyl groups excluding tert-OH is 1. The molecule has 39 heavy (non-hydrogen) atoms. The molecule has 0 fully saturated rings. The van der Waals surface area contributed by atoms with Crippen molar-refractivity contribution in [1.82, 2.24) is 10.3 Å². The molecule has 0 bridgehead atoms. The highest BCUT2D eigenvalue weighted by Gasteiger charge is 2.26. The summed E-state index contributed by atoms with van der Waals surface area (Å²) in [4.78, 5) is 17.1. The normalized spacial score (nSPS) is 13.0. The number of aryl methyl sites for hydroxylation is 2. The first-order chi connectivity index (χ1) is 19.1. The number of aromatic amines is 1. The highest BCUT2D eigenvalue weighted by Crippen LogP contribution is 2.42. The number of furan rings is 1. The van der Waals surface area contributed by atoms with Crippen LogP contribution in [0.5, 0.6) is 11.5 Å². The Morgan fingerprint density at radius 1 is 0.974 bits per heavy atom. The maximum atomic E-state index is 13.8. The zero-order chi connectivity index (χ0) is 26.9. The van der Waals surface area contributed by atoms with Crippen LogP contribution in [0.25, 0.3) is 33.4 Å². The third kappa shape index (κ3) is 4.55. The number of hydrogen-bond acceptors (Lipinski definition) is 5. The van der Waals surface area contributed by atoms with E-state index in [1.54, 1.807) is 20.5 Å². The summed E-state index contributed by atoms with van der Waals surface area (Å²) in [5.41, 5.74) is 7.56. The highest BCUT2D eigenvalue weighted by molar-refractivity contribution is 6.02. The number of para-hydroxylation sites is 1. The van der Waals surface area contributed by atoms with Crippen LogP contribution in [0.15, 0.2) is 77.5 Å². The molecule has 7 nitrogen and oxygen atoms in total.